The number of carbonyl (C=O) groups excluding carboxylic acids is 1. The van der Waals surface area contributed by atoms with Crippen LogP contribution >= 0.6 is 11.8 Å². The van der Waals surface area contributed by atoms with Gasteiger partial charge in [-0.3, -0.25) is 14.9 Å². The largest absolute Gasteiger partial charge is 0.379 e. The minimum absolute atomic E-state index is 0.0660. The van der Waals surface area contributed by atoms with Crippen molar-refractivity contribution in [1.82, 2.24) is 5.32 Å². The van der Waals surface area contributed by atoms with E-state index < -0.39 is 4.92 Å². The summed E-state index contributed by atoms with van der Waals surface area (Å²) < 4.78 is 0. The third kappa shape index (κ3) is 3.87. The van der Waals surface area contributed by atoms with Crippen molar-refractivity contribution >= 4 is 29.0 Å². The summed E-state index contributed by atoms with van der Waals surface area (Å²) in [6, 6.07) is 4.74. The molecule has 1 amide bonds. The Hall–Kier alpha value is -1.76. The molecule has 0 saturated carbocycles. The molecular formula is C14H19N3O3S. The molecule has 1 fully saturated rings. The van der Waals surface area contributed by atoms with Crippen LogP contribution in [0, 0.1) is 10.1 Å². The molecule has 21 heavy (non-hydrogen) atoms. The molecule has 1 saturated heterocycles. The fourth-order valence-corrected chi connectivity index (χ4v) is 3.46. The van der Waals surface area contributed by atoms with E-state index in [1.165, 1.54) is 6.07 Å². The first kappa shape index (κ1) is 15.6. The molecule has 1 aromatic carbocycles. The molecular weight excluding hydrogens is 290 g/mol. The molecule has 114 valence electrons. The first-order valence-corrected chi connectivity index (χ1v) is 8.18. The molecule has 0 bridgehead atoms. The van der Waals surface area contributed by atoms with E-state index in [0.717, 1.165) is 24.3 Å². The van der Waals surface area contributed by atoms with E-state index in [2.05, 4.69) is 10.6 Å². The zero-order valence-electron chi connectivity index (χ0n) is 11.9. The molecule has 1 aromatic rings. The van der Waals surface area contributed by atoms with Gasteiger partial charge in [0.1, 0.15) is 5.69 Å². The first-order chi connectivity index (χ1) is 10.1. The molecule has 6 nitrogen and oxygen atoms in total. The van der Waals surface area contributed by atoms with Crippen LogP contribution in [-0.4, -0.2) is 34.9 Å². The van der Waals surface area contributed by atoms with Crippen LogP contribution in [0.1, 0.15) is 30.1 Å². The average molecular weight is 309 g/mol. The van der Waals surface area contributed by atoms with Crippen molar-refractivity contribution in [3.63, 3.8) is 0 Å². The molecule has 0 aliphatic carbocycles. The number of nitrogens with zero attached hydrogens (tertiary/aromatic N) is 1. The van der Waals surface area contributed by atoms with Crippen LogP contribution in [0.15, 0.2) is 18.2 Å². The second-order valence-electron chi connectivity index (χ2n) is 4.85. The Morgan fingerprint density at radius 1 is 1.43 bits per heavy atom. The molecule has 0 aromatic heterocycles. The number of nitro groups is 1. The summed E-state index contributed by atoms with van der Waals surface area (Å²) in [6.07, 6.45) is 1.89. The lowest BCUT2D eigenvalue weighted by molar-refractivity contribution is -0.384. The fourth-order valence-electron chi connectivity index (χ4n) is 2.35. The minimum atomic E-state index is -0.466. The smallest absolute Gasteiger partial charge is 0.293 e. The number of nitro benzene ring substituents is 1. The van der Waals surface area contributed by atoms with E-state index in [1.54, 1.807) is 12.1 Å². The minimum Gasteiger partial charge on any atom is -0.379 e. The maximum atomic E-state index is 12.4. The van der Waals surface area contributed by atoms with E-state index in [-0.39, 0.29) is 17.6 Å². The average Bonchev–Trinajstić information content (AvgIpc) is 2.48. The zero-order valence-corrected chi connectivity index (χ0v) is 12.7. The lowest BCUT2D eigenvalue weighted by atomic mass is 10.1. The third-order valence-corrected chi connectivity index (χ3v) is 4.44. The van der Waals surface area contributed by atoms with Gasteiger partial charge in [0.25, 0.3) is 11.6 Å². The summed E-state index contributed by atoms with van der Waals surface area (Å²) in [4.78, 5) is 23.0. The second-order valence-corrected chi connectivity index (χ2v) is 6.07. The van der Waals surface area contributed by atoms with E-state index >= 15 is 0 Å². The molecule has 2 N–H and O–H groups in total. The van der Waals surface area contributed by atoms with Crippen molar-refractivity contribution in [2.24, 2.45) is 0 Å². The molecule has 0 spiro atoms. The zero-order chi connectivity index (χ0) is 15.2. The summed E-state index contributed by atoms with van der Waals surface area (Å²) in [7, 11) is 0. The quantitative estimate of drug-likeness (QED) is 0.645. The van der Waals surface area contributed by atoms with Crippen molar-refractivity contribution < 1.29 is 9.72 Å². The Morgan fingerprint density at radius 2 is 2.14 bits per heavy atom. The topological polar surface area (TPSA) is 84.3 Å². The predicted molar refractivity (Wildman–Crippen MR) is 85.1 cm³/mol. The highest BCUT2D eigenvalue weighted by Crippen LogP contribution is 2.28. The summed E-state index contributed by atoms with van der Waals surface area (Å²) in [5.41, 5.74) is 0.570. The van der Waals surface area contributed by atoms with Gasteiger partial charge < -0.3 is 10.6 Å². The van der Waals surface area contributed by atoms with Crippen LogP contribution in [0.4, 0.5) is 11.4 Å². The maximum Gasteiger partial charge on any atom is 0.293 e. The van der Waals surface area contributed by atoms with Crippen LogP contribution < -0.4 is 10.6 Å². The van der Waals surface area contributed by atoms with Crippen molar-refractivity contribution in [2.45, 2.75) is 25.8 Å². The van der Waals surface area contributed by atoms with E-state index in [9.17, 15) is 14.9 Å². The molecule has 1 aliphatic heterocycles. The van der Waals surface area contributed by atoms with Crippen LogP contribution in [-0.2, 0) is 0 Å². The Kier molecular flexibility index (Phi) is 5.44. The summed E-state index contributed by atoms with van der Waals surface area (Å²) in [5.74, 6) is 1.84. The number of amides is 1. The Bertz CT molecular complexity index is 530. The van der Waals surface area contributed by atoms with Crippen molar-refractivity contribution in [3.8, 4) is 0 Å². The van der Waals surface area contributed by atoms with Crippen molar-refractivity contribution in [1.29, 1.82) is 0 Å². The van der Waals surface area contributed by atoms with Crippen LogP contribution in [0.2, 0.25) is 0 Å². The Labute approximate surface area is 127 Å². The van der Waals surface area contributed by atoms with Gasteiger partial charge >= 0.3 is 0 Å². The number of hydrogen-bond donors (Lipinski definition) is 2. The fraction of sp³-hybridized carbons (Fsp3) is 0.500. The normalized spacial score (nSPS) is 15.5. The lowest BCUT2D eigenvalue weighted by Gasteiger charge is -2.23. The number of thioether (sulfide) groups is 1. The highest BCUT2D eigenvalue weighted by atomic mass is 32.2. The molecule has 7 heteroatoms. The number of nitrogens with one attached hydrogen (secondary N) is 2. The monoisotopic (exact) mass is 309 g/mol. The highest BCUT2D eigenvalue weighted by Gasteiger charge is 2.23. The third-order valence-electron chi connectivity index (χ3n) is 3.39. The maximum absolute atomic E-state index is 12.4. The highest BCUT2D eigenvalue weighted by molar-refractivity contribution is 7.99. The van der Waals surface area contributed by atoms with Crippen molar-refractivity contribution in [3.05, 3.63) is 33.9 Å². The van der Waals surface area contributed by atoms with Gasteiger partial charge in [0, 0.05) is 18.7 Å². The van der Waals surface area contributed by atoms with Crippen LogP contribution in [0.3, 0.4) is 0 Å². The predicted octanol–water partition coefficient (Wildman–Crippen LogP) is 2.65. The first-order valence-electron chi connectivity index (χ1n) is 7.03. The van der Waals surface area contributed by atoms with Crippen LogP contribution in [0.5, 0.6) is 0 Å². The molecule has 0 unspecified atom stereocenters. The van der Waals surface area contributed by atoms with Gasteiger partial charge in [0.05, 0.1) is 10.5 Å². The number of para-hydroxylation sites is 1. The van der Waals surface area contributed by atoms with Gasteiger partial charge in [0.15, 0.2) is 0 Å². The molecule has 2 rings (SSSR count). The number of carbonyl (C=O) groups is 1. The molecule has 1 heterocycles. The van der Waals surface area contributed by atoms with Gasteiger partial charge in [-0.1, -0.05) is 6.07 Å². The summed E-state index contributed by atoms with van der Waals surface area (Å²) in [5, 5.41) is 17.0. The lowest BCUT2D eigenvalue weighted by Crippen LogP contribution is -2.37. The SMILES string of the molecule is CCNc1c(C(=O)NC2CCSCC2)cccc1[N+](=O)[O-]. The number of benzene rings is 1. The second kappa shape index (κ2) is 7.31. The summed E-state index contributed by atoms with van der Waals surface area (Å²) >= 11 is 1.89. The van der Waals surface area contributed by atoms with Gasteiger partial charge in [-0.25, -0.2) is 0 Å². The van der Waals surface area contributed by atoms with Gasteiger partial charge in [-0.15, -0.1) is 0 Å². The Morgan fingerprint density at radius 3 is 2.76 bits per heavy atom. The Balaban J connectivity index is 2.22. The van der Waals surface area contributed by atoms with E-state index in [0.29, 0.717) is 17.8 Å². The van der Waals surface area contributed by atoms with Gasteiger partial charge in [-0.2, -0.15) is 11.8 Å². The number of rotatable bonds is 5. The number of anilines is 1. The molecule has 0 radical (unpaired) electrons. The van der Waals surface area contributed by atoms with Crippen LogP contribution in [0.25, 0.3) is 0 Å². The van der Waals surface area contributed by atoms with Gasteiger partial charge in [0.2, 0.25) is 0 Å². The number of hydrogen-bond acceptors (Lipinski definition) is 5. The van der Waals surface area contributed by atoms with Gasteiger partial charge in [-0.05, 0) is 37.3 Å². The summed E-state index contributed by atoms with van der Waals surface area (Å²) in [6.45, 7) is 2.36. The van der Waals surface area contributed by atoms with E-state index in [1.807, 2.05) is 18.7 Å². The molecule has 0 atom stereocenters. The molecule has 1 aliphatic rings. The standard InChI is InChI=1S/C14H19N3O3S/c1-2-15-13-11(4-3-5-12(13)17(19)20)14(18)16-10-6-8-21-9-7-10/h3-5,10,15H,2,6-9H2,1H3,(H,16,18). The van der Waals surface area contributed by atoms with E-state index in [4.69, 9.17) is 0 Å². The van der Waals surface area contributed by atoms with Crippen molar-refractivity contribution in [2.75, 3.05) is 23.4 Å².